The molecule has 3 rings (SSSR count). The molecule has 0 atom stereocenters. The van der Waals surface area contributed by atoms with Crippen molar-refractivity contribution in [2.24, 2.45) is 5.73 Å². The molecule has 5 nitrogen and oxygen atoms in total. The van der Waals surface area contributed by atoms with E-state index in [9.17, 15) is 13.2 Å². The standard InChI is InChI=1S/C19H24N2O3S/c20-19(22)13-14-21(16-9-2-1-3-10-16)25(23,24)18-12-6-8-15-7-4-5-11-17(15)18/h4-8,11-12,16H,1-3,9-10,13-14H2,(H2,20,22). The molecule has 0 aromatic heterocycles. The van der Waals surface area contributed by atoms with Crippen molar-refractivity contribution >= 4 is 26.7 Å². The summed E-state index contributed by atoms with van der Waals surface area (Å²) in [5.74, 6) is -0.478. The molecule has 0 spiro atoms. The zero-order chi connectivity index (χ0) is 17.9. The van der Waals surface area contributed by atoms with Gasteiger partial charge in [0.15, 0.2) is 0 Å². The summed E-state index contributed by atoms with van der Waals surface area (Å²) in [5, 5.41) is 1.60. The molecule has 2 aromatic carbocycles. The number of nitrogens with two attached hydrogens (primary N) is 1. The number of carbonyl (C=O) groups excluding carboxylic acids is 1. The van der Waals surface area contributed by atoms with Crippen LogP contribution in [0.5, 0.6) is 0 Å². The third kappa shape index (κ3) is 3.85. The highest BCUT2D eigenvalue weighted by atomic mass is 32.2. The maximum Gasteiger partial charge on any atom is 0.243 e. The number of primary amides is 1. The maximum absolute atomic E-state index is 13.4. The van der Waals surface area contributed by atoms with E-state index in [2.05, 4.69) is 0 Å². The molecule has 2 N–H and O–H groups in total. The first-order valence-electron chi connectivity index (χ1n) is 8.78. The van der Waals surface area contributed by atoms with Crippen LogP contribution in [-0.4, -0.2) is 31.2 Å². The van der Waals surface area contributed by atoms with E-state index >= 15 is 0 Å². The average Bonchev–Trinajstić information content (AvgIpc) is 2.62. The monoisotopic (exact) mass is 360 g/mol. The van der Waals surface area contributed by atoms with Crippen LogP contribution in [0.25, 0.3) is 10.8 Å². The van der Waals surface area contributed by atoms with Crippen LogP contribution in [0.15, 0.2) is 47.4 Å². The van der Waals surface area contributed by atoms with E-state index in [1.165, 1.54) is 4.31 Å². The lowest BCUT2D eigenvalue weighted by Gasteiger charge is -2.33. The van der Waals surface area contributed by atoms with Crippen LogP contribution in [-0.2, 0) is 14.8 Å². The van der Waals surface area contributed by atoms with E-state index in [1.807, 2.05) is 30.3 Å². The van der Waals surface area contributed by atoms with E-state index in [0.717, 1.165) is 37.5 Å². The first kappa shape index (κ1) is 17.9. The molecule has 0 bridgehead atoms. The quantitative estimate of drug-likeness (QED) is 0.860. The largest absolute Gasteiger partial charge is 0.370 e. The molecule has 1 fully saturated rings. The lowest BCUT2D eigenvalue weighted by Crippen LogP contribution is -2.43. The fraction of sp³-hybridized carbons (Fsp3) is 0.421. The summed E-state index contributed by atoms with van der Waals surface area (Å²) in [6.45, 7) is 0.144. The molecule has 1 saturated carbocycles. The van der Waals surface area contributed by atoms with Crippen LogP contribution < -0.4 is 5.73 Å². The van der Waals surface area contributed by atoms with E-state index in [0.29, 0.717) is 10.3 Å². The smallest absolute Gasteiger partial charge is 0.243 e. The maximum atomic E-state index is 13.4. The van der Waals surface area contributed by atoms with Gasteiger partial charge in [0.25, 0.3) is 0 Å². The molecule has 25 heavy (non-hydrogen) atoms. The Hall–Kier alpha value is -1.92. The molecule has 0 heterocycles. The van der Waals surface area contributed by atoms with Gasteiger partial charge in [-0.3, -0.25) is 4.79 Å². The van der Waals surface area contributed by atoms with Gasteiger partial charge < -0.3 is 5.73 Å². The van der Waals surface area contributed by atoms with Crippen LogP contribution in [0.3, 0.4) is 0 Å². The highest BCUT2D eigenvalue weighted by Gasteiger charge is 2.33. The molecule has 0 radical (unpaired) electrons. The zero-order valence-corrected chi connectivity index (χ0v) is 15.0. The summed E-state index contributed by atoms with van der Waals surface area (Å²) in [6.07, 6.45) is 4.88. The molecule has 0 saturated heterocycles. The first-order valence-corrected chi connectivity index (χ1v) is 10.2. The van der Waals surface area contributed by atoms with Gasteiger partial charge >= 0.3 is 0 Å². The van der Waals surface area contributed by atoms with Crippen molar-refractivity contribution in [3.8, 4) is 0 Å². The third-order valence-electron chi connectivity index (χ3n) is 4.90. The fourth-order valence-corrected chi connectivity index (χ4v) is 5.54. The number of amides is 1. The van der Waals surface area contributed by atoms with Gasteiger partial charge in [-0.25, -0.2) is 8.42 Å². The van der Waals surface area contributed by atoms with E-state index in [4.69, 9.17) is 5.73 Å². The van der Waals surface area contributed by atoms with Crippen LogP contribution in [0.2, 0.25) is 0 Å². The van der Waals surface area contributed by atoms with Gasteiger partial charge in [0.1, 0.15) is 0 Å². The van der Waals surface area contributed by atoms with Crippen molar-refractivity contribution in [2.45, 2.75) is 49.5 Å². The summed E-state index contributed by atoms with van der Waals surface area (Å²) in [4.78, 5) is 11.6. The molecular formula is C19H24N2O3S. The van der Waals surface area contributed by atoms with Crippen molar-refractivity contribution in [3.05, 3.63) is 42.5 Å². The highest BCUT2D eigenvalue weighted by Crippen LogP contribution is 2.31. The number of fused-ring (bicyclic) bond motifs is 1. The van der Waals surface area contributed by atoms with Crippen molar-refractivity contribution in [2.75, 3.05) is 6.54 Å². The summed E-state index contributed by atoms with van der Waals surface area (Å²) < 4.78 is 28.4. The molecule has 6 heteroatoms. The van der Waals surface area contributed by atoms with Crippen molar-refractivity contribution < 1.29 is 13.2 Å². The summed E-state index contributed by atoms with van der Waals surface area (Å²) >= 11 is 0. The molecule has 1 amide bonds. The van der Waals surface area contributed by atoms with Gasteiger partial charge in [0, 0.05) is 24.4 Å². The Balaban J connectivity index is 2.03. The molecule has 1 aliphatic rings. The Morgan fingerprint density at radius 1 is 1.04 bits per heavy atom. The Bertz CT molecular complexity index is 853. The van der Waals surface area contributed by atoms with Gasteiger partial charge in [0.2, 0.25) is 15.9 Å². The minimum absolute atomic E-state index is 0.0422. The zero-order valence-electron chi connectivity index (χ0n) is 14.2. The van der Waals surface area contributed by atoms with Crippen LogP contribution in [0.1, 0.15) is 38.5 Å². The predicted octanol–water partition coefficient (Wildman–Crippen LogP) is 3.04. The second-order valence-corrected chi connectivity index (χ2v) is 8.46. The second kappa shape index (κ2) is 7.54. The molecule has 134 valence electrons. The van der Waals surface area contributed by atoms with Crippen molar-refractivity contribution in [1.82, 2.24) is 4.31 Å². The number of hydrogen-bond donors (Lipinski definition) is 1. The minimum atomic E-state index is -3.70. The number of benzene rings is 2. The van der Waals surface area contributed by atoms with Crippen molar-refractivity contribution in [3.63, 3.8) is 0 Å². The van der Waals surface area contributed by atoms with Gasteiger partial charge in [-0.1, -0.05) is 55.7 Å². The number of carbonyl (C=O) groups is 1. The Morgan fingerprint density at radius 3 is 2.44 bits per heavy atom. The molecule has 0 unspecified atom stereocenters. The minimum Gasteiger partial charge on any atom is -0.370 e. The fourth-order valence-electron chi connectivity index (χ4n) is 3.64. The Labute approximate surface area is 148 Å². The highest BCUT2D eigenvalue weighted by molar-refractivity contribution is 7.89. The van der Waals surface area contributed by atoms with Gasteiger partial charge in [-0.2, -0.15) is 4.31 Å². The number of sulfonamides is 1. The van der Waals surface area contributed by atoms with Crippen molar-refractivity contribution in [1.29, 1.82) is 0 Å². The van der Waals surface area contributed by atoms with E-state index in [1.54, 1.807) is 12.1 Å². The van der Waals surface area contributed by atoms with Gasteiger partial charge in [-0.05, 0) is 24.3 Å². The first-order chi connectivity index (χ1) is 12.0. The second-order valence-electron chi connectivity index (χ2n) is 6.60. The lowest BCUT2D eigenvalue weighted by atomic mass is 9.95. The third-order valence-corrected chi connectivity index (χ3v) is 6.91. The summed E-state index contributed by atoms with van der Waals surface area (Å²) in [6, 6.07) is 12.7. The van der Waals surface area contributed by atoms with Crippen LogP contribution >= 0.6 is 0 Å². The van der Waals surface area contributed by atoms with E-state index < -0.39 is 15.9 Å². The predicted molar refractivity (Wildman–Crippen MR) is 98.5 cm³/mol. The average molecular weight is 360 g/mol. The van der Waals surface area contributed by atoms with Crippen LogP contribution in [0.4, 0.5) is 0 Å². The molecular weight excluding hydrogens is 336 g/mol. The molecule has 1 aliphatic carbocycles. The normalized spacial score (nSPS) is 16.4. The molecule has 2 aromatic rings. The molecule has 0 aliphatic heterocycles. The Kier molecular flexibility index (Phi) is 5.39. The number of nitrogens with zero attached hydrogens (tertiary/aromatic N) is 1. The van der Waals surface area contributed by atoms with Gasteiger partial charge in [0.05, 0.1) is 4.90 Å². The summed E-state index contributed by atoms with van der Waals surface area (Å²) in [7, 11) is -3.70. The van der Waals surface area contributed by atoms with E-state index in [-0.39, 0.29) is 19.0 Å². The number of hydrogen-bond acceptors (Lipinski definition) is 3. The SMILES string of the molecule is NC(=O)CCN(C1CCCCC1)S(=O)(=O)c1cccc2ccccc12. The van der Waals surface area contributed by atoms with Gasteiger partial charge in [-0.15, -0.1) is 0 Å². The Morgan fingerprint density at radius 2 is 1.72 bits per heavy atom. The number of rotatable bonds is 6. The lowest BCUT2D eigenvalue weighted by molar-refractivity contribution is -0.118. The van der Waals surface area contributed by atoms with Crippen LogP contribution in [0, 0.1) is 0 Å². The summed E-state index contributed by atoms with van der Waals surface area (Å²) in [5.41, 5.74) is 5.28. The topological polar surface area (TPSA) is 80.5 Å².